The third-order valence-electron chi connectivity index (χ3n) is 2.13. The summed E-state index contributed by atoms with van der Waals surface area (Å²) in [4.78, 5) is 0. The van der Waals surface area contributed by atoms with E-state index in [1.54, 1.807) is 0 Å². The van der Waals surface area contributed by atoms with E-state index in [1.165, 1.54) is 22.1 Å². The van der Waals surface area contributed by atoms with Gasteiger partial charge >= 0.3 is 0 Å². The smallest absolute Gasteiger partial charge is 0.109 e. The van der Waals surface area contributed by atoms with E-state index < -0.39 is 0 Å². The number of nitrogens with zero attached hydrogens (tertiary/aromatic N) is 2. The molecule has 0 unspecified atom stereocenters. The van der Waals surface area contributed by atoms with Crippen LogP contribution in [0.2, 0.25) is 0 Å². The zero-order valence-corrected chi connectivity index (χ0v) is 8.92. The molecule has 0 aromatic heterocycles. The van der Waals surface area contributed by atoms with Crippen molar-refractivity contribution in [1.29, 1.82) is 0 Å². The summed E-state index contributed by atoms with van der Waals surface area (Å²) in [5, 5.41) is 8.46. The maximum atomic E-state index is 4.24. The molecule has 1 aliphatic carbocycles. The molecule has 2 aliphatic rings. The van der Waals surface area contributed by atoms with Gasteiger partial charge in [-0.2, -0.15) is 10.2 Å². The topological polar surface area (TPSA) is 24.7 Å². The highest BCUT2D eigenvalue weighted by atomic mass is 127. The van der Waals surface area contributed by atoms with Crippen molar-refractivity contribution in [2.75, 3.05) is 0 Å². The Bertz CT molecular complexity index is 249. The van der Waals surface area contributed by atoms with Gasteiger partial charge in [0.1, 0.15) is 5.54 Å². The van der Waals surface area contributed by atoms with E-state index in [0.717, 1.165) is 5.92 Å². The van der Waals surface area contributed by atoms with Gasteiger partial charge < -0.3 is 0 Å². The summed E-state index contributed by atoms with van der Waals surface area (Å²) >= 11 is 2.38. The first kappa shape index (κ1) is 7.71. The molecule has 0 aromatic carbocycles. The van der Waals surface area contributed by atoms with Crippen molar-refractivity contribution in [2.45, 2.75) is 32.2 Å². The number of hydrogen-bond acceptors (Lipinski definition) is 2. The largest absolute Gasteiger partial charge is 0.177 e. The summed E-state index contributed by atoms with van der Waals surface area (Å²) in [5.74, 6) is 0.743. The van der Waals surface area contributed by atoms with Gasteiger partial charge in [-0.3, -0.25) is 0 Å². The number of rotatable bonds is 1. The Balaban J connectivity index is 2.32. The molecule has 1 heterocycles. The van der Waals surface area contributed by atoms with E-state index in [-0.39, 0.29) is 5.54 Å². The highest BCUT2D eigenvalue weighted by molar-refractivity contribution is 14.1. The molecule has 0 radical (unpaired) electrons. The Morgan fingerprint density at radius 1 is 1.45 bits per heavy atom. The lowest BCUT2D eigenvalue weighted by atomic mass is 10.1. The molecule has 60 valence electrons. The van der Waals surface area contributed by atoms with Crippen molar-refractivity contribution < 1.29 is 0 Å². The maximum Gasteiger partial charge on any atom is 0.109 e. The lowest BCUT2D eigenvalue weighted by Crippen LogP contribution is -2.13. The summed E-state index contributed by atoms with van der Waals surface area (Å²) < 4.78 is 1.35. The van der Waals surface area contributed by atoms with E-state index in [1.807, 2.05) is 0 Å². The van der Waals surface area contributed by atoms with Gasteiger partial charge in [-0.25, -0.2) is 0 Å². The van der Waals surface area contributed by atoms with Gasteiger partial charge in [0.15, 0.2) is 0 Å². The molecule has 0 saturated heterocycles. The van der Waals surface area contributed by atoms with Gasteiger partial charge in [-0.05, 0) is 49.3 Å². The van der Waals surface area contributed by atoms with Crippen LogP contribution in [0.25, 0.3) is 0 Å². The van der Waals surface area contributed by atoms with E-state index in [0.29, 0.717) is 0 Å². The minimum atomic E-state index is -0.0293. The highest BCUT2D eigenvalue weighted by Gasteiger charge is 2.37. The predicted octanol–water partition coefficient (Wildman–Crippen LogP) is 3.29. The standard InChI is InChI=1S/C8H11IN2/c1-8(2)7(9)6(10-11-8)5-3-4-5/h5H,3-4H2,1-2H3. The third-order valence-corrected chi connectivity index (χ3v) is 4.01. The van der Waals surface area contributed by atoms with Crippen LogP contribution in [0.5, 0.6) is 0 Å². The molecular formula is C8H11IN2. The second-order valence-corrected chi connectivity index (χ2v) is 4.81. The first-order valence-corrected chi connectivity index (χ1v) is 5.02. The molecule has 1 saturated carbocycles. The Kier molecular flexibility index (Phi) is 1.60. The van der Waals surface area contributed by atoms with Gasteiger partial charge in [0.05, 0.1) is 5.70 Å². The number of hydrogen-bond donors (Lipinski definition) is 0. The number of azo groups is 1. The predicted molar refractivity (Wildman–Crippen MR) is 52.7 cm³/mol. The van der Waals surface area contributed by atoms with Crippen molar-refractivity contribution in [3.05, 3.63) is 9.28 Å². The van der Waals surface area contributed by atoms with Crippen LogP contribution in [-0.2, 0) is 0 Å². The molecule has 1 fully saturated rings. The van der Waals surface area contributed by atoms with Crippen LogP contribution in [-0.4, -0.2) is 5.54 Å². The highest BCUT2D eigenvalue weighted by Crippen LogP contribution is 2.47. The molecule has 0 amide bonds. The first-order valence-electron chi connectivity index (χ1n) is 3.94. The molecule has 0 N–H and O–H groups in total. The van der Waals surface area contributed by atoms with Gasteiger partial charge in [0.2, 0.25) is 0 Å². The van der Waals surface area contributed by atoms with Crippen LogP contribution < -0.4 is 0 Å². The van der Waals surface area contributed by atoms with Crippen LogP contribution in [0.3, 0.4) is 0 Å². The maximum absolute atomic E-state index is 4.24. The van der Waals surface area contributed by atoms with Crippen LogP contribution in [0, 0.1) is 5.92 Å². The van der Waals surface area contributed by atoms with E-state index in [4.69, 9.17) is 0 Å². The Labute approximate surface area is 80.3 Å². The average Bonchev–Trinajstić information content (AvgIpc) is 2.67. The summed E-state index contributed by atoms with van der Waals surface area (Å²) in [6.45, 7) is 4.24. The fourth-order valence-electron chi connectivity index (χ4n) is 1.20. The summed E-state index contributed by atoms with van der Waals surface area (Å²) in [6, 6.07) is 0. The van der Waals surface area contributed by atoms with Gasteiger partial charge in [-0.1, -0.05) is 0 Å². The molecule has 0 spiro atoms. The molecule has 11 heavy (non-hydrogen) atoms. The van der Waals surface area contributed by atoms with Gasteiger partial charge in [0.25, 0.3) is 0 Å². The Morgan fingerprint density at radius 3 is 2.45 bits per heavy atom. The second kappa shape index (κ2) is 2.28. The van der Waals surface area contributed by atoms with Crippen molar-refractivity contribution in [2.24, 2.45) is 16.1 Å². The molecule has 3 heteroatoms. The lowest BCUT2D eigenvalue weighted by molar-refractivity contribution is 0.640. The van der Waals surface area contributed by atoms with Gasteiger partial charge in [0, 0.05) is 9.50 Å². The van der Waals surface area contributed by atoms with Crippen molar-refractivity contribution in [1.82, 2.24) is 0 Å². The van der Waals surface area contributed by atoms with Crippen LogP contribution in [0.4, 0.5) is 0 Å². The Morgan fingerprint density at radius 2 is 2.09 bits per heavy atom. The van der Waals surface area contributed by atoms with E-state index in [2.05, 4.69) is 46.7 Å². The normalized spacial score (nSPS) is 28.3. The monoisotopic (exact) mass is 262 g/mol. The van der Waals surface area contributed by atoms with Crippen LogP contribution >= 0.6 is 22.6 Å². The van der Waals surface area contributed by atoms with Crippen LogP contribution in [0.15, 0.2) is 19.5 Å². The molecule has 0 atom stereocenters. The quantitative estimate of drug-likeness (QED) is 0.648. The van der Waals surface area contributed by atoms with Crippen LogP contribution in [0.1, 0.15) is 26.7 Å². The summed E-state index contributed by atoms with van der Waals surface area (Å²) in [6.07, 6.45) is 2.63. The lowest BCUT2D eigenvalue weighted by Gasteiger charge is -2.11. The van der Waals surface area contributed by atoms with Gasteiger partial charge in [-0.15, -0.1) is 0 Å². The third kappa shape index (κ3) is 1.23. The zero-order chi connectivity index (χ0) is 8.06. The molecule has 1 aliphatic heterocycles. The molecule has 2 nitrogen and oxygen atoms in total. The SMILES string of the molecule is CC1(C)N=NC(C2CC2)=C1I. The Hall–Kier alpha value is 0.0700. The molecule has 0 bridgehead atoms. The van der Waals surface area contributed by atoms with E-state index in [9.17, 15) is 0 Å². The second-order valence-electron chi connectivity index (χ2n) is 3.73. The van der Waals surface area contributed by atoms with Crippen molar-refractivity contribution in [3.8, 4) is 0 Å². The number of allylic oxidation sites excluding steroid dienone is 1. The van der Waals surface area contributed by atoms with Crippen molar-refractivity contribution in [3.63, 3.8) is 0 Å². The van der Waals surface area contributed by atoms with Crippen molar-refractivity contribution >= 4 is 22.6 Å². The molecule has 2 rings (SSSR count). The number of halogens is 1. The minimum absolute atomic E-state index is 0.0293. The zero-order valence-electron chi connectivity index (χ0n) is 6.76. The molecular weight excluding hydrogens is 251 g/mol. The van der Waals surface area contributed by atoms with E-state index >= 15 is 0 Å². The minimum Gasteiger partial charge on any atom is -0.177 e. The summed E-state index contributed by atoms with van der Waals surface area (Å²) in [5.41, 5.74) is 1.23. The fraction of sp³-hybridized carbons (Fsp3) is 0.750. The summed E-state index contributed by atoms with van der Waals surface area (Å²) in [7, 11) is 0. The first-order chi connectivity index (χ1) is 5.11. The molecule has 0 aromatic rings. The average molecular weight is 262 g/mol. The fourth-order valence-corrected chi connectivity index (χ4v) is 1.85.